The summed E-state index contributed by atoms with van der Waals surface area (Å²) in [5.41, 5.74) is 0. The van der Waals surface area contributed by atoms with E-state index in [1.54, 1.807) is 0 Å². The Hall–Kier alpha value is -3.41. The van der Waals surface area contributed by atoms with Crippen LogP contribution < -0.4 is 0 Å². The number of hydrogen-bond donors (Lipinski definition) is 0. The van der Waals surface area contributed by atoms with E-state index < -0.39 is 6.10 Å². The SMILES string of the molecule is CC/C=C\C/C=C\C/C=C\C/C=C\C/C=C\C/C=C\CCCCC(=O)OCC(COC(=O)CCCCCCCCC)OC(=O)CCCCCCC/C=C\CCCC. The Labute approximate surface area is 350 Å². The van der Waals surface area contributed by atoms with E-state index in [1.807, 2.05) is 0 Å². The van der Waals surface area contributed by atoms with E-state index in [0.29, 0.717) is 19.3 Å². The fourth-order valence-corrected chi connectivity index (χ4v) is 5.89. The summed E-state index contributed by atoms with van der Waals surface area (Å²) in [4.78, 5) is 37.6. The summed E-state index contributed by atoms with van der Waals surface area (Å²) in [6.07, 6.45) is 57.2. The second-order valence-corrected chi connectivity index (χ2v) is 14.9. The zero-order valence-corrected chi connectivity index (χ0v) is 36.8. The van der Waals surface area contributed by atoms with Crippen molar-refractivity contribution in [2.75, 3.05) is 13.2 Å². The molecule has 0 aromatic rings. The largest absolute Gasteiger partial charge is 0.462 e. The Morgan fingerprint density at radius 1 is 0.368 bits per heavy atom. The van der Waals surface area contributed by atoms with Gasteiger partial charge in [-0.05, 0) is 89.9 Å². The van der Waals surface area contributed by atoms with E-state index in [4.69, 9.17) is 14.2 Å². The van der Waals surface area contributed by atoms with Crippen LogP contribution in [0.5, 0.6) is 0 Å². The molecule has 0 bridgehead atoms. The first-order chi connectivity index (χ1) is 28.0. The molecule has 6 nitrogen and oxygen atoms in total. The second-order valence-electron chi connectivity index (χ2n) is 14.9. The molecular weight excluding hydrogens is 709 g/mol. The lowest BCUT2D eigenvalue weighted by molar-refractivity contribution is -0.167. The first kappa shape index (κ1) is 53.6. The molecule has 0 aliphatic heterocycles. The minimum Gasteiger partial charge on any atom is -0.462 e. The van der Waals surface area contributed by atoms with Crippen molar-refractivity contribution in [2.24, 2.45) is 0 Å². The van der Waals surface area contributed by atoms with Crippen LogP contribution in [0, 0.1) is 0 Å². The second kappa shape index (κ2) is 45.3. The van der Waals surface area contributed by atoms with E-state index in [9.17, 15) is 14.4 Å². The van der Waals surface area contributed by atoms with Crippen LogP contribution in [0.2, 0.25) is 0 Å². The van der Waals surface area contributed by atoms with Gasteiger partial charge < -0.3 is 14.2 Å². The smallest absolute Gasteiger partial charge is 0.306 e. The molecule has 0 aromatic carbocycles. The maximum absolute atomic E-state index is 12.7. The van der Waals surface area contributed by atoms with Gasteiger partial charge in [0.15, 0.2) is 6.10 Å². The number of rotatable bonds is 40. The van der Waals surface area contributed by atoms with Crippen LogP contribution in [0.25, 0.3) is 0 Å². The third-order valence-electron chi connectivity index (χ3n) is 9.38. The molecule has 0 fully saturated rings. The number of carbonyl (C=O) groups excluding carboxylic acids is 3. The Kier molecular flexibility index (Phi) is 42.6. The summed E-state index contributed by atoms with van der Waals surface area (Å²) in [6.45, 7) is 6.37. The summed E-state index contributed by atoms with van der Waals surface area (Å²) in [7, 11) is 0. The monoisotopic (exact) mass is 793 g/mol. The van der Waals surface area contributed by atoms with Gasteiger partial charge in [-0.2, -0.15) is 0 Å². The average Bonchev–Trinajstić information content (AvgIpc) is 3.21. The molecule has 0 aliphatic rings. The van der Waals surface area contributed by atoms with Gasteiger partial charge in [0, 0.05) is 19.3 Å². The lowest BCUT2D eigenvalue weighted by Gasteiger charge is -2.18. The van der Waals surface area contributed by atoms with Crippen LogP contribution in [-0.4, -0.2) is 37.2 Å². The van der Waals surface area contributed by atoms with Crippen molar-refractivity contribution in [1.82, 2.24) is 0 Å². The third-order valence-corrected chi connectivity index (χ3v) is 9.38. The molecule has 0 rings (SSSR count). The Morgan fingerprint density at radius 2 is 0.702 bits per heavy atom. The molecule has 0 aliphatic carbocycles. The van der Waals surface area contributed by atoms with Crippen molar-refractivity contribution in [3.63, 3.8) is 0 Å². The molecule has 0 heterocycles. The van der Waals surface area contributed by atoms with Crippen LogP contribution in [-0.2, 0) is 28.6 Å². The highest BCUT2D eigenvalue weighted by molar-refractivity contribution is 5.71. The van der Waals surface area contributed by atoms with Crippen molar-refractivity contribution >= 4 is 17.9 Å². The molecule has 0 aromatic heterocycles. The molecule has 0 spiro atoms. The molecule has 0 radical (unpaired) electrons. The van der Waals surface area contributed by atoms with Crippen LogP contribution in [0.1, 0.15) is 201 Å². The highest BCUT2D eigenvalue weighted by atomic mass is 16.6. The predicted octanol–water partition coefficient (Wildman–Crippen LogP) is 14.9. The topological polar surface area (TPSA) is 78.9 Å². The maximum atomic E-state index is 12.7. The van der Waals surface area contributed by atoms with Crippen molar-refractivity contribution < 1.29 is 28.6 Å². The Balaban J connectivity index is 4.36. The molecule has 6 heteroatoms. The van der Waals surface area contributed by atoms with E-state index in [-0.39, 0.29) is 31.1 Å². The lowest BCUT2D eigenvalue weighted by Crippen LogP contribution is -2.30. The fourth-order valence-electron chi connectivity index (χ4n) is 5.89. The molecule has 0 amide bonds. The van der Waals surface area contributed by atoms with Gasteiger partial charge in [-0.3, -0.25) is 14.4 Å². The Bertz CT molecular complexity index is 1140. The number of unbranched alkanes of at least 4 members (excludes halogenated alkanes) is 15. The van der Waals surface area contributed by atoms with Gasteiger partial charge in [0.2, 0.25) is 0 Å². The highest BCUT2D eigenvalue weighted by Gasteiger charge is 2.19. The van der Waals surface area contributed by atoms with E-state index in [1.165, 1.54) is 51.4 Å². The van der Waals surface area contributed by atoms with Gasteiger partial charge in [0.1, 0.15) is 13.2 Å². The van der Waals surface area contributed by atoms with E-state index in [2.05, 4.69) is 106 Å². The number of hydrogen-bond acceptors (Lipinski definition) is 6. The van der Waals surface area contributed by atoms with Crippen molar-refractivity contribution in [2.45, 2.75) is 207 Å². The van der Waals surface area contributed by atoms with E-state index in [0.717, 1.165) is 109 Å². The zero-order valence-electron chi connectivity index (χ0n) is 36.8. The van der Waals surface area contributed by atoms with Gasteiger partial charge in [-0.25, -0.2) is 0 Å². The number of ether oxygens (including phenoxy) is 3. The average molecular weight is 793 g/mol. The normalized spacial score (nSPS) is 12.8. The first-order valence-electron chi connectivity index (χ1n) is 23.1. The number of allylic oxidation sites excluding steroid dienone is 14. The van der Waals surface area contributed by atoms with Gasteiger partial charge in [0.05, 0.1) is 0 Å². The molecule has 1 atom stereocenters. The standard InChI is InChI=1S/C51H84O6/c1-4-7-10-13-16-18-20-21-22-23-24-25-26-27-28-29-31-32-35-38-41-44-50(53)56-47-48(46-55-49(52)43-40-37-34-15-12-9-6-3)57-51(54)45-42-39-36-33-30-19-17-14-11-8-5-2/h7,10,14,16-18,21-22,24-25,27-28,31-32,48H,4-6,8-9,11-13,15,19-20,23,26,29-30,33-47H2,1-3H3/b10-7-,17-14-,18-16-,22-21-,25-24-,28-27-,32-31-. The number of carbonyl (C=O) groups is 3. The quantitative estimate of drug-likeness (QED) is 0.0266. The molecule has 0 saturated carbocycles. The highest BCUT2D eigenvalue weighted by Crippen LogP contribution is 2.12. The summed E-state index contributed by atoms with van der Waals surface area (Å²) >= 11 is 0. The van der Waals surface area contributed by atoms with Gasteiger partial charge >= 0.3 is 17.9 Å². The summed E-state index contributed by atoms with van der Waals surface area (Å²) < 4.78 is 16.6. The van der Waals surface area contributed by atoms with Gasteiger partial charge in [-0.15, -0.1) is 0 Å². The predicted molar refractivity (Wildman–Crippen MR) is 242 cm³/mol. The molecule has 0 N–H and O–H groups in total. The Morgan fingerprint density at radius 3 is 1.18 bits per heavy atom. The van der Waals surface area contributed by atoms with E-state index >= 15 is 0 Å². The molecule has 57 heavy (non-hydrogen) atoms. The minimum atomic E-state index is -0.794. The van der Waals surface area contributed by atoms with Crippen LogP contribution in [0.3, 0.4) is 0 Å². The fraction of sp³-hybridized carbons (Fsp3) is 0.667. The van der Waals surface area contributed by atoms with Crippen molar-refractivity contribution in [3.05, 3.63) is 85.1 Å². The zero-order chi connectivity index (χ0) is 41.5. The van der Waals surface area contributed by atoms with Gasteiger partial charge in [0.25, 0.3) is 0 Å². The van der Waals surface area contributed by atoms with Crippen LogP contribution in [0.4, 0.5) is 0 Å². The van der Waals surface area contributed by atoms with Crippen LogP contribution >= 0.6 is 0 Å². The van der Waals surface area contributed by atoms with Crippen molar-refractivity contribution in [1.29, 1.82) is 0 Å². The summed E-state index contributed by atoms with van der Waals surface area (Å²) in [6, 6.07) is 0. The lowest BCUT2D eigenvalue weighted by atomic mass is 10.1. The van der Waals surface area contributed by atoms with Gasteiger partial charge in [-0.1, -0.05) is 176 Å². The van der Waals surface area contributed by atoms with Crippen LogP contribution in [0.15, 0.2) is 85.1 Å². The van der Waals surface area contributed by atoms with Crippen molar-refractivity contribution in [3.8, 4) is 0 Å². The third kappa shape index (κ3) is 43.6. The molecular formula is C51H84O6. The molecule has 324 valence electrons. The minimum absolute atomic E-state index is 0.0944. The number of esters is 3. The molecule has 0 saturated heterocycles. The molecule has 1 unspecified atom stereocenters. The maximum Gasteiger partial charge on any atom is 0.306 e. The summed E-state index contributed by atoms with van der Waals surface area (Å²) in [5.74, 6) is -0.964. The first-order valence-corrected chi connectivity index (χ1v) is 23.1. The summed E-state index contributed by atoms with van der Waals surface area (Å²) in [5, 5.41) is 0.